The summed E-state index contributed by atoms with van der Waals surface area (Å²) in [5.74, 6) is 0.739. The van der Waals surface area contributed by atoms with Crippen LogP contribution in [0.15, 0.2) is 36.4 Å². The summed E-state index contributed by atoms with van der Waals surface area (Å²) in [4.78, 5) is 0. The van der Waals surface area contributed by atoms with Crippen molar-refractivity contribution in [3.63, 3.8) is 0 Å². The molecule has 0 radical (unpaired) electrons. The van der Waals surface area contributed by atoms with Crippen molar-refractivity contribution in [1.29, 1.82) is 0 Å². The third-order valence-corrected chi connectivity index (χ3v) is 2.87. The van der Waals surface area contributed by atoms with E-state index < -0.39 is 0 Å². The number of hydrogen-bond acceptors (Lipinski definition) is 1. The number of methoxy groups -OCH3 is 1. The first-order valence-electron chi connectivity index (χ1n) is 5.19. The monoisotopic (exact) mass is 236 g/mol. The third kappa shape index (κ3) is 3.14. The van der Waals surface area contributed by atoms with Gasteiger partial charge in [-0.25, -0.2) is 0 Å². The van der Waals surface area contributed by atoms with E-state index in [0.717, 1.165) is 17.7 Å². The Morgan fingerprint density at radius 1 is 1.50 bits per heavy atom. The smallest absolute Gasteiger partial charge is 0.138 e. The molecule has 0 saturated heterocycles. The molecule has 0 aliphatic rings. The zero-order chi connectivity index (χ0) is 12.1. The van der Waals surface area contributed by atoms with Crippen LogP contribution in [0.4, 0.5) is 0 Å². The molecule has 0 bridgehead atoms. The highest BCUT2D eigenvalue weighted by Crippen LogP contribution is 2.30. The van der Waals surface area contributed by atoms with Crippen molar-refractivity contribution in [2.45, 2.75) is 20.3 Å². The van der Waals surface area contributed by atoms with Gasteiger partial charge in [0.15, 0.2) is 0 Å². The van der Waals surface area contributed by atoms with E-state index in [1.807, 2.05) is 19.1 Å². The fourth-order valence-electron chi connectivity index (χ4n) is 1.64. The lowest BCUT2D eigenvalue weighted by atomic mass is 10.0. The lowest BCUT2D eigenvalue weighted by Gasteiger charge is -2.09. The van der Waals surface area contributed by atoms with Crippen molar-refractivity contribution >= 4 is 11.6 Å². The first-order valence-corrected chi connectivity index (χ1v) is 5.57. The molecule has 1 aromatic carbocycles. The zero-order valence-electron chi connectivity index (χ0n) is 10.0. The predicted molar refractivity (Wildman–Crippen MR) is 70.4 cm³/mol. The highest BCUT2D eigenvalue weighted by molar-refractivity contribution is 6.32. The molecule has 1 nitrogen and oxygen atoms in total. The Morgan fingerprint density at radius 3 is 2.75 bits per heavy atom. The van der Waals surface area contributed by atoms with Crippen LogP contribution < -0.4 is 4.74 Å². The molecular weight excluding hydrogens is 220 g/mol. The summed E-state index contributed by atoms with van der Waals surface area (Å²) >= 11 is 6.11. The second kappa shape index (κ2) is 5.76. The average Bonchev–Trinajstić information content (AvgIpc) is 2.23. The summed E-state index contributed by atoms with van der Waals surface area (Å²) in [6.07, 6.45) is 4.70. The van der Waals surface area contributed by atoms with Crippen LogP contribution in [-0.4, -0.2) is 7.11 Å². The third-order valence-electron chi connectivity index (χ3n) is 2.39. The van der Waals surface area contributed by atoms with Crippen molar-refractivity contribution in [1.82, 2.24) is 0 Å². The van der Waals surface area contributed by atoms with E-state index in [9.17, 15) is 0 Å². The minimum atomic E-state index is 0.691. The maximum Gasteiger partial charge on any atom is 0.138 e. The fourth-order valence-corrected chi connectivity index (χ4v) is 1.83. The largest absolute Gasteiger partial charge is 0.495 e. The standard InChI is InChI=1S/C14H17ClO/c1-5-6-10(2)7-12-8-11(3)14(15)13(9-12)16-4/h5-6,8-9H,1,7H2,2-4H3/b10-6+. The SMILES string of the molecule is C=C/C=C(\C)Cc1cc(C)c(Cl)c(OC)c1. The van der Waals surface area contributed by atoms with Crippen LogP contribution in [0.1, 0.15) is 18.1 Å². The fraction of sp³-hybridized carbons (Fsp3) is 0.286. The van der Waals surface area contributed by atoms with Gasteiger partial charge in [-0.1, -0.05) is 42.0 Å². The van der Waals surface area contributed by atoms with E-state index in [1.54, 1.807) is 13.2 Å². The van der Waals surface area contributed by atoms with Crippen molar-refractivity contribution in [3.05, 3.63) is 52.6 Å². The molecule has 1 aromatic rings. The van der Waals surface area contributed by atoms with E-state index >= 15 is 0 Å². The Kier molecular flexibility index (Phi) is 4.63. The molecule has 86 valence electrons. The average molecular weight is 237 g/mol. The molecule has 0 aliphatic carbocycles. The van der Waals surface area contributed by atoms with Gasteiger partial charge in [-0.05, 0) is 37.5 Å². The number of benzene rings is 1. The number of ether oxygens (including phenoxy) is 1. The minimum Gasteiger partial charge on any atom is -0.495 e. The van der Waals surface area contributed by atoms with Gasteiger partial charge in [-0.3, -0.25) is 0 Å². The Hall–Kier alpha value is -1.21. The number of halogens is 1. The molecule has 0 fully saturated rings. The lowest BCUT2D eigenvalue weighted by molar-refractivity contribution is 0.414. The van der Waals surface area contributed by atoms with Gasteiger partial charge < -0.3 is 4.74 Å². The van der Waals surface area contributed by atoms with E-state index in [-0.39, 0.29) is 0 Å². The highest BCUT2D eigenvalue weighted by atomic mass is 35.5. The zero-order valence-corrected chi connectivity index (χ0v) is 10.8. The topological polar surface area (TPSA) is 9.23 Å². The second-order valence-corrected chi connectivity index (χ2v) is 4.23. The number of aryl methyl sites for hydroxylation is 1. The van der Waals surface area contributed by atoms with E-state index in [0.29, 0.717) is 5.02 Å². The van der Waals surface area contributed by atoms with Crippen LogP contribution in [0.25, 0.3) is 0 Å². The van der Waals surface area contributed by atoms with E-state index in [2.05, 4.69) is 19.6 Å². The van der Waals surface area contributed by atoms with Crippen LogP contribution in [0.3, 0.4) is 0 Å². The highest BCUT2D eigenvalue weighted by Gasteiger charge is 2.06. The predicted octanol–water partition coefficient (Wildman–Crippen LogP) is 4.33. The van der Waals surface area contributed by atoms with Crippen LogP contribution in [0.2, 0.25) is 5.02 Å². The Labute approximate surface area is 102 Å². The van der Waals surface area contributed by atoms with E-state index in [1.165, 1.54) is 11.1 Å². The molecule has 0 unspecified atom stereocenters. The molecule has 0 atom stereocenters. The molecule has 0 spiro atoms. The lowest BCUT2D eigenvalue weighted by Crippen LogP contribution is -1.92. The van der Waals surface area contributed by atoms with Gasteiger partial charge in [0.2, 0.25) is 0 Å². The number of rotatable bonds is 4. The van der Waals surface area contributed by atoms with Crippen molar-refractivity contribution in [2.24, 2.45) is 0 Å². The van der Waals surface area contributed by atoms with Crippen molar-refractivity contribution in [3.8, 4) is 5.75 Å². The van der Waals surface area contributed by atoms with Crippen LogP contribution >= 0.6 is 11.6 Å². The number of allylic oxidation sites excluding steroid dienone is 3. The van der Waals surface area contributed by atoms with Crippen LogP contribution in [-0.2, 0) is 6.42 Å². The molecular formula is C14H17ClO. The first-order chi connectivity index (χ1) is 7.58. The molecule has 1 rings (SSSR count). The minimum absolute atomic E-state index is 0.691. The molecule has 0 aromatic heterocycles. The van der Waals surface area contributed by atoms with Gasteiger partial charge in [-0.15, -0.1) is 0 Å². The second-order valence-electron chi connectivity index (χ2n) is 3.85. The summed E-state index contributed by atoms with van der Waals surface area (Å²) in [6.45, 7) is 7.75. The van der Waals surface area contributed by atoms with Crippen molar-refractivity contribution in [2.75, 3.05) is 7.11 Å². The van der Waals surface area contributed by atoms with Crippen molar-refractivity contribution < 1.29 is 4.74 Å². The summed E-state index contributed by atoms with van der Waals surface area (Å²) in [5.41, 5.74) is 3.51. The maximum atomic E-state index is 6.11. The van der Waals surface area contributed by atoms with Gasteiger partial charge >= 0.3 is 0 Å². The summed E-state index contributed by atoms with van der Waals surface area (Å²) in [7, 11) is 1.64. The Balaban J connectivity index is 3.02. The van der Waals surface area contributed by atoms with E-state index in [4.69, 9.17) is 16.3 Å². The number of hydrogen-bond donors (Lipinski definition) is 0. The quantitative estimate of drug-likeness (QED) is 0.707. The Bertz CT molecular complexity index is 419. The summed E-state index contributed by atoms with van der Waals surface area (Å²) < 4.78 is 5.24. The normalized spacial score (nSPS) is 11.4. The maximum absolute atomic E-state index is 6.11. The Morgan fingerprint density at radius 2 is 2.19 bits per heavy atom. The molecule has 0 heterocycles. The van der Waals surface area contributed by atoms with Gasteiger partial charge in [0.1, 0.15) is 5.75 Å². The molecule has 0 amide bonds. The van der Waals surface area contributed by atoms with Gasteiger partial charge in [-0.2, -0.15) is 0 Å². The van der Waals surface area contributed by atoms with Gasteiger partial charge in [0.05, 0.1) is 12.1 Å². The molecule has 2 heteroatoms. The van der Waals surface area contributed by atoms with Crippen LogP contribution in [0.5, 0.6) is 5.75 Å². The molecule has 0 saturated carbocycles. The summed E-state index contributed by atoms with van der Waals surface area (Å²) in [5, 5.41) is 0.691. The summed E-state index contributed by atoms with van der Waals surface area (Å²) in [6, 6.07) is 4.07. The first kappa shape index (κ1) is 12.9. The molecule has 16 heavy (non-hydrogen) atoms. The van der Waals surface area contributed by atoms with Gasteiger partial charge in [0.25, 0.3) is 0 Å². The van der Waals surface area contributed by atoms with Gasteiger partial charge in [0, 0.05) is 0 Å². The molecule has 0 N–H and O–H groups in total. The molecule has 0 aliphatic heterocycles. The van der Waals surface area contributed by atoms with Crippen LogP contribution in [0, 0.1) is 6.92 Å².